The smallest absolute Gasteiger partial charge is 0.136 e. The highest BCUT2D eigenvalue weighted by Crippen LogP contribution is 2.57. The maximum Gasteiger partial charge on any atom is 0.136 e. The van der Waals surface area contributed by atoms with Crippen LogP contribution in [0.15, 0.2) is 0 Å². The molecule has 0 saturated heterocycles. The Labute approximate surface area is 79.9 Å². The Bertz CT molecular complexity index is 246. The number of carbonyl (C=O) groups excluding carboxylic acids is 1. The number of Topliss-reactive ketones (excluding diaryl/α,β-unsaturated/α-hetero) is 1. The van der Waals surface area contributed by atoms with Gasteiger partial charge in [0.1, 0.15) is 5.78 Å². The molecule has 13 heavy (non-hydrogen) atoms. The zero-order valence-electron chi connectivity index (χ0n) is 8.33. The number of ketones is 1. The summed E-state index contributed by atoms with van der Waals surface area (Å²) in [5.41, 5.74) is 0. The predicted octanol–water partition coefficient (Wildman–Crippen LogP) is 2.65. The normalized spacial score (nSPS) is 53.9. The van der Waals surface area contributed by atoms with Crippen molar-refractivity contribution >= 4 is 5.78 Å². The van der Waals surface area contributed by atoms with Crippen molar-refractivity contribution in [3.63, 3.8) is 0 Å². The van der Waals surface area contributed by atoms with Crippen LogP contribution in [-0.4, -0.2) is 5.78 Å². The summed E-state index contributed by atoms with van der Waals surface area (Å²) < 4.78 is 0. The number of fused-ring (bicyclic) bond motifs is 5. The van der Waals surface area contributed by atoms with Gasteiger partial charge in [0.2, 0.25) is 0 Å². The van der Waals surface area contributed by atoms with Gasteiger partial charge in [-0.2, -0.15) is 0 Å². The van der Waals surface area contributed by atoms with Crippen molar-refractivity contribution in [1.82, 2.24) is 0 Å². The first-order chi connectivity index (χ1) is 6.25. The topological polar surface area (TPSA) is 17.1 Å². The third-order valence-electron chi connectivity index (χ3n) is 4.89. The molecule has 0 heterocycles. The van der Waals surface area contributed by atoms with E-state index < -0.39 is 0 Å². The highest BCUT2D eigenvalue weighted by atomic mass is 16.1. The molecule has 0 amide bonds. The second kappa shape index (κ2) is 2.59. The van der Waals surface area contributed by atoms with Crippen LogP contribution >= 0.6 is 0 Å². The molecule has 3 saturated carbocycles. The third-order valence-corrected chi connectivity index (χ3v) is 4.89. The summed E-state index contributed by atoms with van der Waals surface area (Å²) in [4.78, 5) is 11.6. The molecule has 3 rings (SSSR count). The summed E-state index contributed by atoms with van der Waals surface area (Å²) in [6, 6.07) is 0. The highest BCUT2D eigenvalue weighted by molar-refractivity contribution is 5.81. The fourth-order valence-electron chi connectivity index (χ4n) is 4.19. The van der Waals surface area contributed by atoms with Crippen molar-refractivity contribution in [2.75, 3.05) is 0 Å². The van der Waals surface area contributed by atoms with Crippen LogP contribution in [0.25, 0.3) is 0 Å². The second-order valence-electron chi connectivity index (χ2n) is 5.47. The van der Waals surface area contributed by atoms with Gasteiger partial charge in [-0.25, -0.2) is 0 Å². The molecule has 0 aliphatic heterocycles. The van der Waals surface area contributed by atoms with Crippen LogP contribution < -0.4 is 0 Å². The SMILES string of the molecule is C[C@@H]1C[C@H]2[C@H]3CC[C@H](C3)[C@@H]2CC1=O. The van der Waals surface area contributed by atoms with E-state index in [1.165, 1.54) is 25.7 Å². The summed E-state index contributed by atoms with van der Waals surface area (Å²) in [6.45, 7) is 2.13. The number of hydrogen-bond donors (Lipinski definition) is 0. The fourth-order valence-corrected chi connectivity index (χ4v) is 4.19. The molecule has 0 aromatic carbocycles. The Morgan fingerprint density at radius 2 is 1.77 bits per heavy atom. The molecule has 1 nitrogen and oxygen atoms in total. The van der Waals surface area contributed by atoms with Crippen molar-refractivity contribution in [3.05, 3.63) is 0 Å². The van der Waals surface area contributed by atoms with Gasteiger partial charge in [0.15, 0.2) is 0 Å². The molecule has 0 unspecified atom stereocenters. The van der Waals surface area contributed by atoms with Gasteiger partial charge in [0.05, 0.1) is 0 Å². The Morgan fingerprint density at radius 3 is 2.54 bits per heavy atom. The minimum Gasteiger partial charge on any atom is -0.299 e. The van der Waals surface area contributed by atoms with Crippen molar-refractivity contribution in [1.29, 1.82) is 0 Å². The van der Waals surface area contributed by atoms with Crippen LogP contribution in [0.5, 0.6) is 0 Å². The molecule has 0 aromatic rings. The molecule has 0 spiro atoms. The Hall–Kier alpha value is -0.330. The molecule has 0 radical (unpaired) electrons. The van der Waals surface area contributed by atoms with Gasteiger partial charge in [0, 0.05) is 12.3 Å². The van der Waals surface area contributed by atoms with E-state index in [2.05, 4.69) is 6.92 Å². The molecule has 0 aromatic heterocycles. The lowest BCUT2D eigenvalue weighted by atomic mass is 9.67. The minimum atomic E-state index is 0.376. The molecule has 0 N–H and O–H groups in total. The van der Waals surface area contributed by atoms with Crippen LogP contribution in [0.3, 0.4) is 0 Å². The molecular weight excluding hydrogens is 160 g/mol. The fraction of sp³-hybridized carbons (Fsp3) is 0.917. The van der Waals surface area contributed by atoms with Crippen molar-refractivity contribution in [2.24, 2.45) is 29.6 Å². The zero-order chi connectivity index (χ0) is 9.00. The van der Waals surface area contributed by atoms with Crippen molar-refractivity contribution in [2.45, 2.75) is 39.0 Å². The maximum absolute atomic E-state index is 11.6. The van der Waals surface area contributed by atoms with Crippen LogP contribution in [-0.2, 0) is 4.79 Å². The van der Waals surface area contributed by atoms with Gasteiger partial charge < -0.3 is 0 Å². The van der Waals surface area contributed by atoms with E-state index in [1.807, 2.05) is 0 Å². The van der Waals surface area contributed by atoms with Crippen LogP contribution in [0.1, 0.15) is 39.0 Å². The molecular formula is C12H18O. The van der Waals surface area contributed by atoms with E-state index in [1.54, 1.807) is 0 Å². The standard InChI is InChI=1S/C12H18O/c1-7-4-10-8-2-3-9(5-8)11(10)6-12(7)13/h7-11H,2-6H2,1H3/t7-,8+,9-,10+,11+/m1/s1. The van der Waals surface area contributed by atoms with E-state index in [0.29, 0.717) is 11.7 Å². The van der Waals surface area contributed by atoms with E-state index in [0.717, 1.165) is 30.1 Å². The Morgan fingerprint density at radius 1 is 1.08 bits per heavy atom. The monoisotopic (exact) mass is 178 g/mol. The van der Waals surface area contributed by atoms with Crippen LogP contribution in [0.2, 0.25) is 0 Å². The Kier molecular flexibility index (Phi) is 1.59. The van der Waals surface area contributed by atoms with Gasteiger partial charge in [-0.1, -0.05) is 6.92 Å². The molecule has 3 aliphatic rings. The lowest BCUT2D eigenvalue weighted by Crippen LogP contribution is -2.34. The number of hydrogen-bond acceptors (Lipinski definition) is 1. The lowest BCUT2D eigenvalue weighted by Gasteiger charge is -2.36. The van der Waals surface area contributed by atoms with Gasteiger partial charge in [-0.05, 0) is 49.4 Å². The first-order valence-electron chi connectivity index (χ1n) is 5.78. The number of rotatable bonds is 0. The van der Waals surface area contributed by atoms with E-state index in [-0.39, 0.29) is 0 Å². The quantitative estimate of drug-likeness (QED) is 0.557. The minimum absolute atomic E-state index is 0.376. The summed E-state index contributed by atoms with van der Waals surface area (Å²) in [6.07, 6.45) is 6.48. The zero-order valence-corrected chi connectivity index (χ0v) is 8.33. The van der Waals surface area contributed by atoms with Gasteiger partial charge in [-0.15, -0.1) is 0 Å². The molecule has 1 heteroatoms. The highest BCUT2D eigenvalue weighted by Gasteiger charge is 2.50. The average molecular weight is 178 g/mol. The van der Waals surface area contributed by atoms with E-state index in [9.17, 15) is 4.79 Å². The first-order valence-corrected chi connectivity index (χ1v) is 5.78. The van der Waals surface area contributed by atoms with E-state index >= 15 is 0 Å². The van der Waals surface area contributed by atoms with Crippen molar-refractivity contribution < 1.29 is 4.79 Å². The second-order valence-corrected chi connectivity index (χ2v) is 5.47. The molecule has 3 fully saturated rings. The van der Waals surface area contributed by atoms with E-state index in [4.69, 9.17) is 0 Å². The summed E-state index contributed by atoms with van der Waals surface area (Å²) in [5, 5.41) is 0. The van der Waals surface area contributed by atoms with Gasteiger partial charge >= 0.3 is 0 Å². The largest absolute Gasteiger partial charge is 0.299 e. The maximum atomic E-state index is 11.6. The molecule has 72 valence electrons. The number of carbonyl (C=O) groups is 1. The van der Waals surface area contributed by atoms with Gasteiger partial charge in [-0.3, -0.25) is 4.79 Å². The molecule has 2 bridgehead atoms. The average Bonchev–Trinajstić information content (AvgIpc) is 2.67. The lowest BCUT2D eigenvalue weighted by molar-refractivity contribution is -0.127. The van der Waals surface area contributed by atoms with Crippen LogP contribution in [0.4, 0.5) is 0 Å². The first kappa shape index (κ1) is 8.02. The summed E-state index contributed by atoms with van der Waals surface area (Å²) >= 11 is 0. The van der Waals surface area contributed by atoms with Crippen LogP contribution in [0, 0.1) is 29.6 Å². The summed E-state index contributed by atoms with van der Waals surface area (Å²) in [7, 11) is 0. The molecule has 5 atom stereocenters. The third kappa shape index (κ3) is 1.02. The predicted molar refractivity (Wildman–Crippen MR) is 51.2 cm³/mol. The van der Waals surface area contributed by atoms with Crippen molar-refractivity contribution in [3.8, 4) is 0 Å². The summed E-state index contributed by atoms with van der Waals surface area (Å²) in [5.74, 6) is 4.61. The van der Waals surface area contributed by atoms with Gasteiger partial charge in [0.25, 0.3) is 0 Å². The molecule has 3 aliphatic carbocycles. The Balaban J connectivity index is 1.84.